The highest BCUT2D eigenvalue weighted by atomic mass is 32.2. The second kappa shape index (κ2) is 5.46. The molecule has 1 aromatic carbocycles. The summed E-state index contributed by atoms with van der Waals surface area (Å²) in [6.07, 6.45) is 2.78. The van der Waals surface area contributed by atoms with Crippen molar-refractivity contribution in [2.45, 2.75) is 31.1 Å². The minimum Gasteiger partial charge on any atom is -0.398 e. The van der Waals surface area contributed by atoms with E-state index < -0.39 is 15.8 Å². The fraction of sp³-hybridized carbons (Fsp3) is 0.538. The maximum atomic E-state index is 13.8. The van der Waals surface area contributed by atoms with Crippen molar-refractivity contribution < 1.29 is 12.8 Å². The van der Waals surface area contributed by atoms with Crippen molar-refractivity contribution in [2.24, 2.45) is 5.92 Å². The molecule has 1 aliphatic rings. The third-order valence-corrected chi connectivity index (χ3v) is 5.19. The summed E-state index contributed by atoms with van der Waals surface area (Å²) >= 11 is 0. The lowest BCUT2D eigenvalue weighted by Crippen LogP contribution is -2.34. The van der Waals surface area contributed by atoms with Crippen molar-refractivity contribution in [2.75, 3.05) is 18.8 Å². The topological polar surface area (TPSA) is 63.4 Å². The first-order valence-electron chi connectivity index (χ1n) is 6.51. The number of hydrogen-bond acceptors (Lipinski definition) is 3. The molecule has 2 N–H and O–H groups in total. The maximum Gasteiger partial charge on any atom is 0.248 e. The average Bonchev–Trinajstić information content (AvgIpc) is 3.12. The summed E-state index contributed by atoms with van der Waals surface area (Å²) in [5.74, 6) is -0.369. The Morgan fingerprint density at radius 1 is 1.42 bits per heavy atom. The summed E-state index contributed by atoms with van der Waals surface area (Å²) in [4.78, 5) is -0.385. The van der Waals surface area contributed by atoms with Crippen LogP contribution in [0.2, 0.25) is 0 Å². The first-order chi connectivity index (χ1) is 8.96. The summed E-state index contributed by atoms with van der Waals surface area (Å²) in [6.45, 7) is 2.76. The molecule has 19 heavy (non-hydrogen) atoms. The Kier molecular flexibility index (Phi) is 4.10. The van der Waals surface area contributed by atoms with Crippen LogP contribution < -0.4 is 5.73 Å². The van der Waals surface area contributed by atoms with E-state index in [0.29, 0.717) is 25.4 Å². The molecule has 0 radical (unpaired) electrons. The van der Waals surface area contributed by atoms with Gasteiger partial charge in [-0.15, -0.1) is 0 Å². The van der Waals surface area contributed by atoms with Crippen LogP contribution >= 0.6 is 0 Å². The molecular formula is C13H19FN2O2S. The summed E-state index contributed by atoms with van der Waals surface area (Å²) in [6, 6.07) is 3.95. The van der Waals surface area contributed by atoms with Crippen molar-refractivity contribution in [3.05, 3.63) is 24.0 Å². The lowest BCUT2D eigenvalue weighted by atomic mass is 10.3. The van der Waals surface area contributed by atoms with Gasteiger partial charge in [0.05, 0.1) is 5.69 Å². The molecule has 1 aromatic rings. The number of benzene rings is 1. The lowest BCUT2D eigenvalue weighted by Gasteiger charge is -2.22. The maximum absolute atomic E-state index is 13.8. The Morgan fingerprint density at radius 3 is 2.63 bits per heavy atom. The van der Waals surface area contributed by atoms with E-state index in [2.05, 4.69) is 0 Å². The molecule has 0 spiro atoms. The number of halogens is 1. The fourth-order valence-corrected chi connectivity index (χ4v) is 3.84. The fourth-order valence-electron chi connectivity index (χ4n) is 2.07. The van der Waals surface area contributed by atoms with Crippen LogP contribution in [0.5, 0.6) is 0 Å². The van der Waals surface area contributed by atoms with E-state index in [9.17, 15) is 12.8 Å². The number of nitrogen functional groups attached to an aromatic ring is 1. The summed E-state index contributed by atoms with van der Waals surface area (Å²) in [5, 5.41) is 0. The molecule has 0 bridgehead atoms. The van der Waals surface area contributed by atoms with Crippen LogP contribution in [0.3, 0.4) is 0 Å². The summed E-state index contributed by atoms with van der Waals surface area (Å²) in [5.41, 5.74) is 5.61. The largest absolute Gasteiger partial charge is 0.398 e. The first-order valence-corrected chi connectivity index (χ1v) is 7.95. The van der Waals surface area contributed by atoms with Crippen molar-refractivity contribution in [1.82, 2.24) is 4.31 Å². The van der Waals surface area contributed by atoms with Gasteiger partial charge in [-0.3, -0.25) is 0 Å². The molecule has 1 saturated carbocycles. The van der Waals surface area contributed by atoms with Crippen LogP contribution in [0.25, 0.3) is 0 Å². The van der Waals surface area contributed by atoms with Gasteiger partial charge in [-0.1, -0.05) is 13.0 Å². The van der Waals surface area contributed by atoms with Crippen LogP contribution in [-0.4, -0.2) is 25.8 Å². The average molecular weight is 286 g/mol. The molecule has 1 fully saturated rings. The van der Waals surface area contributed by atoms with Gasteiger partial charge >= 0.3 is 0 Å². The van der Waals surface area contributed by atoms with Crippen LogP contribution in [0.15, 0.2) is 23.1 Å². The van der Waals surface area contributed by atoms with Crippen molar-refractivity contribution >= 4 is 15.7 Å². The smallest absolute Gasteiger partial charge is 0.248 e. The monoisotopic (exact) mass is 286 g/mol. The van der Waals surface area contributed by atoms with Crippen LogP contribution in [0.4, 0.5) is 10.1 Å². The number of nitrogens with two attached hydrogens (primary N) is 1. The van der Waals surface area contributed by atoms with E-state index in [1.165, 1.54) is 16.4 Å². The molecular weight excluding hydrogens is 267 g/mol. The summed E-state index contributed by atoms with van der Waals surface area (Å²) in [7, 11) is -3.85. The quantitative estimate of drug-likeness (QED) is 0.816. The van der Waals surface area contributed by atoms with Crippen LogP contribution in [0, 0.1) is 11.7 Å². The normalized spacial score (nSPS) is 15.9. The SMILES string of the molecule is CCCN(CC1CC1)S(=O)(=O)c1c(N)cccc1F. The molecule has 0 saturated heterocycles. The van der Waals surface area contributed by atoms with Gasteiger partial charge in [-0.2, -0.15) is 4.31 Å². The Bertz CT molecular complexity index is 536. The number of sulfonamides is 1. The highest BCUT2D eigenvalue weighted by Gasteiger charge is 2.33. The predicted octanol–water partition coefficient (Wildman–Crippen LogP) is 2.22. The highest BCUT2D eigenvalue weighted by Crippen LogP contribution is 2.33. The molecule has 106 valence electrons. The Morgan fingerprint density at radius 2 is 2.11 bits per heavy atom. The standard InChI is InChI=1S/C13H19FN2O2S/c1-2-8-16(9-10-6-7-10)19(17,18)13-11(14)4-3-5-12(13)15/h3-5,10H,2,6-9,15H2,1H3. The van der Waals surface area contributed by atoms with E-state index in [-0.39, 0.29) is 10.6 Å². The molecule has 2 rings (SSSR count). The zero-order chi connectivity index (χ0) is 14.0. The van der Waals surface area contributed by atoms with E-state index in [4.69, 9.17) is 5.73 Å². The van der Waals surface area contributed by atoms with E-state index >= 15 is 0 Å². The molecule has 0 aromatic heterocycles. The van der Waals surface area contributed by atoms with Crippen LogP contribution in [0.1, 0.15) is 26.2 Å². The molecule has 0 amide bonds. The highest BCUT2D eigenvalue weighted by molar-refractivity contribution is 7.89. The second-order valence-corrected chi connectivity index (χ2v) is 6.84. The molecule has 6 heteroatoms. The third kappa shape index (κ3) is 3.06. The Labute approximate surface area is 113 Å². The van der Waals surface area contributed by atoms with Gasteiger partial charge in [0, 0.05) is 13.1 Å². The predicted molar refractivity (Wildman–Crippen MR) is 72.6 cm³/mol. The Balaban J connectivity index is 2.37. The van der Waals surface area contributed by atoms with Gasteiger partial charge in [0.15, 0.2) is 0 Å². The summed E-state index contributed by atoms with van der Waals surface area (Å²) < 4.78 is 40.2. The molecule has 0 unspecified atom stereocenters. The van der Waals surface area contributed by atoms with Crippen molar-refractivity contribution in [1.29, 1.82) is 0 Å². The van der Waals surface area contributed by atoms with Gasteiger partial charge in [0.1, 0.15) is 10.7 Å². The first kappa shape index (κ1) is 14.3. The number of anilines is 1. The zero-order valence-electron chi connectivity index (χ0n) is 11.0. The molecule has 0 heterocycles. The van der Waals surface area contributed by atoms with Gasteiger partial charge in [-0.05, 0) is 37.3 Å². The number of nitrogens with zero attached hydrogens (tertiary/aromatic N) is 1. The molecule has 0 aliphatic heterocycles. The van der Waals surface area contributed by atoms with Crippen LogP contribution in [-0.2, 0) is 10.0 Å². The van der Waals surface area contributed by atoms with E-state index in [1.54, 1.807) is 0 Å². The minimum absolute atomic E-state index is 0.0306. The van der Waals surface area contributed by atoms with Crippen molar-refractivity contribution in [3.63, 3.8) is 0 Å². The van der Waals surface area contributed by atoms with Gasteiger partial charge in [-0.25, -0.2) is 12.8 Å². The molecule has 1 aliphatic carbocycles. The van der Waals surface area contributed by atoms with E-state index in [1.807, 2.05) is 6.92 Å². The van der Waals surface area contributed by atoms with Gasteiger partial charge in [0.2, 0.25) is 10.0 Å². The van der Waals surface area contributed by atoms with Crippen molar-refractivity contribution in [3.8, 4) is 0 Å². The minimum atomic E-state index is -3.85. The molecule has 4 nitrogen and oxygen atoms in total. The lowest BCUT2D eigenvalue weighted by molar-refractivity contribution is 0.393. The van der Waals surface area contributed by atoms with Gasteiger partial charge in [0.25, 0.3) is 0 Å². The third-order valence-electron chi connectivity index (χ3n) is 3.23. The number of rotatable bonds is 6. The zero-order valence-corrected chi connectivity index (χ0v) is 11.8. The molecule has 0 atom stereocenters. The van der Waals surface area contributed by atoms with E-state index in [0.717, 1.165) is 18.9 Å². The second-order valence-electron chi connectivity index (χ2n) is 4.96. The number of hydrogen-bond donors (Lipinski definition) is 1. The Hall–Kier alpha value is -1.14. The van der Waals surface area contributed by atoms with Gasteiger partial charge < -0.3 is 5.73 Å².